The van der Waals surface area contributed by atoms with Crippen LogP contribution < -0.4 is 0 Å². The molecule has 0 aliphatic carbocycles. The van der Waals surface area contributed by atoms with Crippen molar-refractivity contribution >= 4 is 22.8 Å². The lowest BCUT2D eigenvalue weighted by Gasteiger charge is -1.95. The summed E-state index contributed by atoms with van der Waals surface area (Å²) < 4.78 is 5.70. The topological polar surface area (TPSA) is 67.6 Å². The second-order valence-electron chi connectivity index (χ2n) is 5.10. The van der Waals surface area contributed by atoms with E-state index in [1.165, 1.54) is 0 Å². The Labute approximate surface area is 137 Å². The standard InChI is InChI=1S/C17H14N4OS/c1-2-6-12(7-3-1)10-15-20-21-16(22-15)11-23-17-18-13-8-4-5-9-14(13)19-17/h1-9H,10-11H2,(H,18,19). The van der Waals surface area contributed by atoms with E-state index in [9.17, 15) is 0 Å². The first-order chi connectivity index (χ1) is 11.4. The number of para-hydroxylation sites is 2. The van der Waals surface area contributed by atoms with Gasteiger partial charge in [-0.15, -0.1) is 10.2 Å². The molecule has 4 rings (SSSR count). The van der Waals surface area contributed by atoms with E-state index in [0.29, 0.717) is 24.0 Å². The molecule has 114 valence electrons. The van der Waals surface area contributed by atoms with Gasteiger partial charge in [0.2, 0.25) is 11.8 Å². The molecule has 0 atom stereocenters. The molecule has 6 heteroatoms. The fraction of sp³-hybridized carbons (Fsp3) is 0.118. The Kier molecular flexibility index (Phi) is 3.81. The monoisotopic (exact) mass is 322 g/mol. The zero-order chi connectivity index (χ0) is 15.5. The van der Waals surface area contributed by atoms with Crippen molar-refractivity contribution in [3.05, 3.63) is 71.9 Å². The lowest BCUT2D eigenvalue weighted by molar-refractivity contribution is 0.474. The van der Waals surface area contributed by atoms with Crippen LogP contribution >= 0.6 is 11.8 Å². The Morgan fingerprint density at radius 1 is 0.913 bits per heavy atom. The second-order valence-corrected chi connectivity index (χ2v) is 6.06. The van der Waals surface area contributed by atoms with Gasteiger partial charge in [-0.05, 0) is 17.7 Å². The summed E-state index contributed by atoms with van der Waals surface area (Å²) in [6.07, 6.45) is 0.656. The van der Waals surface area contributed by atoms with Gasteiger partial charge >= 0.3 is 0 Å². The third kappa shape index (κ3) is 3.27. The fourth-order valence-corrected chi connectivity index (χ4v) is 3.04. The van der Waals surface area contributed by atoms with Gasteiger partial charge in [-0.25, -0.2) is 4.98 Å². The summed E-state index contributed by atoms with van der Waals surface area (Å²) in [6, 6.07) is 18.1. The molecule has 23 heavy (non-hydrogen) atoms. The highest BCUT2D eigenvalue weighted by molar-refractivity contribution is 7.98. The highest BCUT2D eigenvalue weighted by Crippen LogP contribution is 2.22. The third-order valence-electron chi connectivity index (χ3n) is 3.41. The molecule has 0 unspecified atom stereocenters. The minimum Gasteiger partial charge on any atom is -0.424 e. The molecule has 1 N–H and O–H groups in total. The van der Waals surface area contributed by atoms with Crippen LogP contribution in [-0.4, -0.2) is 20.2 Å². The van der Waals surface area contributed by atoms with Crippen LogP contribution in [0.5, 0.6) is 0 Å². The van der Waals surface area contributed by atoms with Crippen molar-refractivity contribution in [2.45, 2.75) is 17.3 Å². The van der Waals surface area contributed by atoms with E-state index in [-0.39, 0.29) is 0 Å². The van der Waals surface area contributed by atoms with Crippen molar-refractivity contribution in [1.82, 2.24) is 20.2 Å². The molecular formula is C17H14N4OS. The number of nitrogens with zero attached hydrogens (tertiary/aromatic N) is 3. The second kappa shape index (κ2) is 6.26. The van der Waals surface area contributed by atoms with Crippen molar-refractivity contribution in [2.75, 3.05) is 0 Å². The van der Waals surface area contributed by atoms with Gasteiger partial charge in [0.25, 0.3) is 0 Å². The predicted molar refractivity (Wildman–Crippen MR) is 89.2 cm³/mol. The molecule has 0 aliphatic rings. The molecule has 0 amide bonds. The zero-order valence-corrected chi connectivity index (χ0v) is 13.1. The molecule has 0 radical (unpaired) electrons. The van der Waals surface area contributed by atoms with Crippen LogP contribution in [-0.2, 0) is 12.2 Å². The van der Waals surface area contributed by atoms with E-state index in [0.717, 1.165) is 21.8 Å². The number of aromatic nitrogens is 4. The van der Waals surface area contributed by atoms with Crippen LogP contribution in [0, 0.1) is 0 Å². The van der Waals surface area contributed by atoms with E-state index in [2.05, 4.69) is 20.2 Å². The van der Waals surface area contributed by atoms with Gasteiger partial charge in [0.15, 0.2) is 5.16 Å². The van der Waals surface area contributed by atoms with E-state index in [1.807, 2.05) is 54.6 Å². The number of nitrogens with one attached hydrogen (secondary N) is 1. The minimum atomic E-state index is 0.599. The molecule has 5 nitrogen and oxygen atoms in total. The number of imidazole rings is 1. The summed E-state index contributed by atoms with van der Waals surface area (Å²) in [5, 5.41) is 9.06. The number of fused-ring (bicyclic) bond motifs is 1. The van der Waals surface area contributed by atoms with Crippen LogP contribution in [0.15, 0.2) is 64.2 Å². The van der Waals surface area contributed by atoms with Crippen molar-refractivity contribution < 1.29 is 4.42 Å². The first kappa shape index (κ1) is 14.0. The molecule has 2 aromatic carbocycles. The lowest BCUT2D eigenvalue weighted by atomic mass is 10.2. The van der Waals surface area contributed by atoms with Gasteiger partial charge in [0, 0.05) is 0 Å². The summed E-state index contributed by atoms with van der Waals surface area (Å²) in [5.41, 5.74) is 3.16. The number of H-pyrrole nitrogens is 1. The van der Waals surface area contributed by atoms with Crippen LogP contribution in [0.4, 0.5) is 0 Å². The quantitative estimate of drug-likeness (QED) is 0.566. The summed E-state index contributed by atoms with van der Waals surface area (Å²) in [6.45, 7) is 0. The number of thioether (sulfide) groups is 1. The molecule has 2 aromatic heterocycles. The largest absolute Gasteiger partial charge is 0.424 e. The summed E-state index contributed by atoms with van der Waals surface area (Å²) in [4.78, 5) is 7.79. The molecular weight excluding hydrogens is 308 g/mol. The number of rotatable bonds is 5. The Morgan fingerprint density at radius 2 is 1.70 bits per heavy atom. The first-order valence-electron chi connectivity index (χ1n) is 7.29. The molecule has 0 bridgehead atoms. The molecule has 0 saturated carbocycles. The summed E-state index contributed by atoms with van der Waals surface area (Å²) in [7, 11) is 0. The molecule has 0 fully saturated rings. The van der Waals surface area contributed by atoms with Gasteiger partial charge in [0.05, 0.1) is 23.2 Å². The van der Waals surface area contributed by atoms with Crippen molar-refractivity contribution in [2.24, 2.45) is 0 Å². The molecule has 0 aliphatic heterocycles. The average Bonchev–Trinajstić information content (AvgIpc) is 3.20. The molecule has 4 aromatic rings. The first-order valence-corrected chi connectivity index (χ1v) is 8.28. The van der Waals surface area contributed by atoms with Gasteiger partial charge in [-0.1, -0.05) is 54.2 Å². The van der Waals surface area contributed by atoms with Crippen LogP contribution in [0.1, 0.15) is 17.3 Å². The molecule has 2 heterocycles. The van der Waals surface area contributed by atoms with Crippen molar-refractivity contribution in [3.8, 4) is 0 Å². The normalized spacial score (nSPS) is 11.1. The van der Waals surface area contributed by atoms with Crippen LogP contribution in [0.25, 0.3) is 11.0 Å². The third-order valence-corrected chi connectivity index (χ3v) is 4.26. The van der Waals surface area contributed by atoms with Crippen molar-refractivity contribution in [3.63, 3.8) is 0 Å². The van der Waals surface area contributed by atoms with Crippen LogP contribution in [0.2, 0.25) is 0 Å². The van der Waals surface area contributed by atoms with E-state index >= 15 is 0 Å². The van der Waals surface area contributed by atoms with Gasteiger partial charge < -0.3 is 9.40 Å². The minimum absolute atomic E-state index is 0.599. The SMILES string of the molecule is c1ccc(Cc2nnc(CSc3nc4ccccc4[nH]3)o2)cc1. The number of hydrogen-bond donors (Lipinski definition) is 1. The van der Waals surface area contributed by atoms with Crippen LogP contribution in [0.3, 0.4) is 0 Å². The van der Waals surface area contributed by atoms with E-state index in [4.69, 9.17) is 4.42 Å². The lowest BCUT2D eigenvalue weighted by Crippen LogP contribution is -1.87. The van der Waals surface area contributed by atoms with Gasteiger partial charge in [-0.2, -0.15) is 0 Å². The van der Waals surface area contributed by atoms with Gasteiger partial charge in [0.1, 0.15) is 0 Å². The Bertz CT molecular complexity index is 883. The maximum absolute atomic E-state index is 5.70. The Hall–Kier alpha value is -2.60. The molecule has 0 spiro atoms. The summed E-state index contributed by atoms with van der Waals surface area (Å²) in [5.74, 6) is 1.85. The predicted octanol–water partition coefficient (Wildman–Crippen LogP) is 3.83. The smallest absolute Gasteiger partial charge is 0.226 e. The number of hydrogen-bond acceptors (Lipinski definition) is 5. The summed E-state index contributed by atoms with van der Waals surface area (Å²) >= 11 is 1.56. The van der Waals surface area contributed by atoms with Gasteiger partial charge in [-0.3, -0.25) is 0 Å². The Morgan fingerprint density at radius 3 is 2.57 bits per heavy atom. The Balaban J connectivity index is 1.41. The van der Waals surface area contributed by atoms with E-state index in [1.54, 1.807) is 11.8 Å². The number of benzene rings is 2. The highest BCUT2D eigenvalue weighted by Gasteiger charge is 2.09. The van der Waals surface area contributed by atoms with Crippen molar-refractivity contribution in [1.29, 1.82) is 0 Å². The molecule has 0 saturated heterocycles. The maximum atomic E-state index is 5.70. The maximum Gasteiger partial charge on any atom is 0.226 e. The number of aromatic amines is 1. The zero-order valence-electron chi connectivity index (χ0n) is 12.3. The highest BCUT2D eigenvalue weighted by atomic mass is 32.2. The van der Waals surface area contributed by atoms with E-state index < -0.39 is 0 Å². The fourth-order valence-electron chi connectivity index (χ4n) is 2.32. The average molecular weight is 322 g/mol.